The summed E-state index contributed by atoms with van der Waals surface area (Å²) >= 11 is 1.10. The molecule has 2 aliphatic carbocycles. The molecule has 0 saturated carbocycles. The Morgan fingerprint density at radius 2 is 0.641 bits per heavy atom. The predicted molar refractivity (Wildman–Crippen MR) is 167 cm³/mol. The molecule has 0 saturated heterocycles. The van der Waals surface area contributed by atoms with Crippen molar-refractivity contribution in [2.75, 3.05) is 0 Å². The third-order valence-electron chi connectivity index (χ3n) is 9.24. The van der Waals surface area contributed by atoms with E-state index in [9.17, 15) is 0 Å². The van der Waals surface area contributed by atoms with Gasteiger partial charge in [0.05, 0.1) is 0 Å². The minimum atomic E-state index is -0.0832. The first-order valence-corrected chi connectivity index (χ1v) is 16.8. The van der Waals surface area contributed by atoms with Crippen LogP contribution in [0.5, 0.6) is 0 Å². The second kappa shape index (κ2) is 12.6. The van der Waals surface area contributed by atoms with Crippen LogP contribution in [-0.2, 0) is 23.6 Å². The minimum absolute atomic E-state index is 0.0832. The van der Waals surface area contributed by atoms with Crippen molar-refractivity contribution in [2.45, 2.75) is 115 Å². The molecule has 0 amide bonds. The summed E-state index contributed by atoms with van der Waals surface area (Å²) in [6.07, 6.45) is 8.90. The van der Waals surface area contributed by atoms with Gasteiger partial charge in [0.25, 0.3) is 0 Å². The zero-order valence-electron chi connectivity index (χ0n) is 25.8. The Bertz CT molecular complexity index is 1130. The van der Waals surface area contributed by atoms with Crippen molar-refractivity contribution in [3.63, 3.8) is 0 Å². The summed E-state index contributed by atoms with van der Waals surface area (Å²) in [4.78, 5) is 0. The van der Waals surface area contributed by atoms with Gasteiger partial charge in [0.2, 0.25) is 0 Å². The molecule has 0 spiro atoms. The Morgan fingerprint density at radius 3 is 0.846 bits per heavy atom. The summed E-state index contributed by atoms with van der Waals surface area (Å²) in [7, 11) is 0. The molecular weight excluding hydrogens is 512 g/mol. The molecule has 2 aromatic rings. The third kappa shape index (κ3) is 4.49. The van der Waals surface area contributed by atoms with E-state index in [1.807, 2.05) is 0 Å². The number of allylic oxidation sites excluding steroid dienone is 8. The van der Waals surface area contributed by atoms with Crippen LogP contribution in [0.2, 0.25) is 0 Å². The number of hydrogen-bond donors (Lipinski definition) is 0. The Morgan fingerprint density at radius 1 is 0.385 bits per heavy atom. The summed E-state index contributed by atoms with van der Waals surface area (Å²) in [5.74, 6) is 0. The van der Waals surface area contributed by atoms with Crippen molar-refractivity contribution in [1.82, 2.24) is 0 Å². The monoisotopic (exact) mass is 562 g/mol. The summed E-state index contributed by atoms with van der Waals surface area (Å²) < 4.78 is -0.166. The first-order chi connectivity index (χ1) is 19.0. The molecule has 0 aromatic heterocycles. The van der Waals surface area contributed by atoms with E-state index in [0.717, 1.165) is 66.3 Å². The standard InChI is InChI=1S/2C19H25.Fe/c2*1-5-15-16(6-2)18(8-4)19(17(15)7-3)14-12-10-9-11-13-14;/h2*9-13H,5-8H2,1-4H3;. The maximum absolute atomic E-state index is 2.44. The number of rotatable bonds is 12. The van der Waals surface area contributed by atoms with Crippen LogP contribution in [-0.4, -0.2) is 0 Å². The summed E-state index contributed by atoms with van der Waals surface area (Å²) in [5, 5.41) is 0. The van der Waals surface area contributed by atoms with E-state index in [2.05, 4.69) is 116 Å². The van der Waals surface area contributed by atoms with Crippen molar-refractivity contribution in [2.24, 2.45) is 0 Å². The molecule has 4 rings (SSSR count). The fraction of sp³-hybridized carbons (Fsp3) is 0.474. The molecule has 0 N–H and O–H groups in total. The van der Waals surface area contributed by atoms with Crippen LogP contribution in [0.4, 0.5) is 0 Å². The molecule has 0 fully saturated rings. The van der Waals surface area contributed by atoms with Crippen LogP contribution in [0.3, 0.4) is 0 Å². The van der Waals surface area contributed by atoms with E-state index >= 15 is 0 Å². The van der Waals surface area contributed by atoms with E-state index in [0.29, 0.717) is 0 Å². The zero-order valence-corrected chi connectivity index (χ0v) is 26.9. The molecular formula is C38H50Fe. The van der Waals surface area contributed by atoms with Crippen LogP contribution in [0.25, 0.3) is 0 Å². The van der Waals surface area contributed by atoms with Crippen molar-refractivity contribution in [3.05, 3.63) is 116 Å². The van der Waals surface area contributed by atoms with E-state index < -0.39 is 0 Å². The summed E-state index contributed by atoms with van der Waals surface area (Å²) in [6, 6.07) is 23.3. The molecule has 0 heterocycles. The van der Waals surface area contributed by atoms with Gasteiger partial charge in [-0.05, 0) is 0 Å². The Hall–Kier alpha value is -2.08. The Balaban J connectivity index is 2.20. The van der Waals surface area contributed by atoms with Gasteiger partial charge in [-0.25, -0.2) is 0 Å². The molecule has 0 atom stereocenters. The first-order valence-electron chi connectivity index (χ1n) is 15.7. The Kier molecular flexibility index (Phi) is 9.67. The van der Waals surface area contributed by atoms with E-state index in [1.54, 1.807) is 44.6 Å². The van der Waals surface area contributed by atoms with Crippen molar-refractivity contribution >= 4 is 0 Å². The second-order valence-corrected chi connectivity index (χ2v) is 12.7. The molecule has 1 heteroatoms. The van der Waals surface area contributed by atoms with Crippen LogP contribution in [0.15, 0.2) is 105 Å². The normalized spacial score (nSPS) is 18.8. The van der Waals surface area contributed by atoms with E-state index in [-0.39, 0.29) is 8.63 Å². The SMILES string of the molecule is CCC1=C(CC)[C]([Fe][C]2(c3ccccc3)C(CC)=C(CC)C(CC)=C2CC)(c2ccccc2)C(CC)=C1CC. The van der Waals surface area contributed by atoms with Gasteiger partial charge in [0, 0.05) is 0 Å². The maximum atomic E-state index is 2.44. The molecule has 39 heavy (non-hydrogen) atoms. The van der Waals surface area contributed by atoms with E-state index in [4.69, 9.17) is 0 Å². The van der Waals surface area contributed by atoms with Gasteiger partial charge in [-0.2, -0.15) is 0 Å². The van der Waals surface area contributed by atoms with Gasteiger partial charge in [0.1, 0.15) is 0 Å². The van der Waals surface area contributed by atoms with Crippen molar-refractivity contribution in [1.29, 1.82) is 0 Å². The number of hydrogen-bond acceptors (Lipinski definition) is 0. The molecule has 0 aliphatic heterocycles. The summed E-state index contributed by atoms with van der Waals surface area (Å²) in [6.45, 7) is 19.2. The van der Waals surface area contributed by atoms with Gasteiger partial charge in [-0.15, -0.1) is 0 Å². The van der Waals surface area contributed by atoms with Gasteiger partial charge in [0.15, 0.2) is 0 Å². The molecule has 2 aliphatic rings. The van der Waals surface area contributed by atoms with Crippen LogP contribution in [0, 0.1) is 0 Å². The van der Waals surface area contributed by atoms with Gasteiger partial charge in [-0.1, -0.05) is 0 Å². The molecule has 0 unspecified atom stereocenters. The fourth-order valence-corrected chi connectivity index (χ4v) is 11.4. The average Bonchev–Trinajstić information content (AvgIpc) is 3.42. The topological polar surface area (TPSA) is 0 Å². The van der Waals surface area contributed by atoms with Crippen molar-refractivity contribution < 1.29 is 15.0 Å². The van der Waals surface area contributed by atoms with E-state index in [1.165, 1.54) is 11.1 Å². The first kappa shape index (κ1) is 29.9. The van der Waals surface area contributed by atoms with Crippen LogP contribution < -0.4 is 0 Å². The molecule has 0 radical (unpaired) electrons. The molecule has 0 bridgehead atoms. The molecule has 210 valence electrons. The second-order valence-electron chi connectivity index (χ2n) is 10.8. The Labute approximate surface area is 245 Å². The van der Waals surface area contributed by atoms with Gasteiger partial charge < -0.3 is 0 Å². The predicted octanol–water partition coefficient (Wildman–Crippen LogP) is 11.4. The van der Waals surface area contributed by atoms with Crippen molar-refractivity contribution in [3.8, 4) is 0 Å². The van der Waals surface area contributed by atoms with Crippen LogP contribution in [0.1, 0.15) is 118 Å². The average molecular weight is 563 g/mol. The summed E-state index contributed by atoms with van der Waals surface area (Å²) in [5.41, 5.74) is 16.4. The van der Waals surface area contributed by atoms with Gasteiger partial charge in [-0.3, -0.25) is 0 Å². The zero-order chi connectivity index (χ0) is 28.2. The third-order valence-corrected chi connectivity index (χ3v) is 12.0. The fourth-order valence-electron chi connectivity index (χ4n) is 7.97. The van der Waals surface area contributed by atoms with Crippen LogP contribution >= 0.6 is 0 Å². The molecule has 0 nitrogen and oxygen atoms in total. The number of benzene rings is 2. The molecule has 2 aromatic carbocycles. The van der Waals surface area contributed by atoms with Gasteiger partial charge >= 0.3 is 247 Å². The quantitative estimate of drug-likeness (QED) is 0.226.